The summed E-state index contributed by atoms with van der Waals surface area (Å²) in [6.07, 6.45) is -3.47. The lowest BCUT2D eigenvalue weighted by Crippen LogP contribution is -2.46. The highest BCUT2D eigenvalue weighted by Gasteiger charge is 2.34. The minimum atomic E-state index is -4.36. The van der Waals surface area contributed by atoms with Gasteiger partial charge in [0.2, 0.25) is 0 Å². The van der Waals surface area contributed by atoms with Crippen LogP contribution in [0.4, 0.5) is 18.3 Å². The van der Waals surface area contributed by atoms with Gasteiger partial charge in [0.1, 0.15) is 10.7 Å². The second-order valence-electron chi connectivity index (χ2n) is 6.30. The zero-order valence-corrected chi connectivity index (χ0v) is 15.0. The predicted octanol–water partition coefficient (Wildman–Crippen LogP) is 2.72. The first-order valence-electron chi connectivity index (χ1n) is 8.38. The smallest absolute Gasteiger partial charge is 0.346 e. The van der Waals surface area contributed by atoms with Crippen LogP contribution in [-0.2, 0) is 12.7 Å². The van der Waals surface area contributed by atoms with Gasteiger partial charge in [0.25, 0.3) is 5.56 Å². The number of aromatic amines is 1. The molecule has 2 aromatic heterocycles. The molecule has 27 heavy (non-hydrogen) atoms. The molecule has 0 unspecified atom stereocenters. The minimum absolute atomic E-state index is 0.170. The number of benzene rings is 1. The van der Waals surface area contributed by atoms with Crippen molar-refractivity contribution < 1.29 is 13.2 Å². The Morgan fingerprint density at radius 3 is 2.59 bits per heavy atom. The molecule has 4 rings (SSSR count). The highest BCUT2D eigenvalue weighted by molar-refractivity contribution is 7.15. The molecule has 1 aliphatic heterocycles. The minimum Gasteiger partial charge on any atom is -0.346 e. The lowest BCUT2D eigenvalue weighted by atomic mass is 10.2. The summed E-state index contributed by atoms with van der Waals surface area (Å²) < 4.78 is 38.2. The van der Waals surface area contributed by atoms with Crippen LogP contribution in [0, 0.1) is 0 Å². The fraction of sp³-hybridized carbons (Fsp3) is 0.353. The number of alkyl halides is 3. The van der Waals surface area contributed by atoms with E-state index in [-0.39, 0.29) is 5.56 Å². The number of H-pyrrole nitrogens is 1. The Morgan fingerprint density at radius 2 is 1.89 bits per heavy atom. The van der Waals surface area contributed by atoms with Crippen LogP contribution in [0.5, 0.6) is 0 Å². The Bertz CT molecular complexity index is 1010. The van der Waals surface area contributed by atoms with E-state index in [0.717, 1.165) is 6.20 Å². The molecule has 6 nitrogen and oxygen atoms in total. The average Bonchev–Trinajstić information content (AvgIpc) is 3.13. The molecular formula is C17H16F3N5OS. The number of piperazine rings is 1. The zero-order chi connectivity index (χ0) is 19.0. The van der Waals surface area contributed by atoms with E-state index in [1.54, 1.807) is 18.2 Å². The van der Waals surface area contributed by atoms with Crippen molar-refractivity contribution in [3.05, 3.63) is 51.5 Å². The molecule has 0 spiro atoms. The van der Waals surface area contributed by atoms with Crippen LogP contribution in [0.2, 0.25) is 0 Å². The first kappa shape index (κ1) is 17.9. The van der Waals surface area contributed by atoms with E-state index in [2.05, 4.69) is 19.9 Å². The summed E-state index contributed by atoms with van der Waals surface area (Å²) in [5, 5.41) is 0.939. The number of rotatable bonds is 3. The lowest BCUT2D eigenvalue weighted by Gasteiger charge is -2.34. The maximum atomic E-state index is 12.7. The maximum absolute atomic E-state index is 12.7. The first-order valence-corrected chi connectivity index (χ1v) is 9.20. The molecule has 0 bridgehead atoms. The number of thiazole rings is 1. The highest BCUT2D eigenvalue weighted by Crippen LogP contribution is 2.36. The maximum Gasteiger partial charge on any atom is 0.427 e. The quantitative estimate of drug-likeness (QED) is 0.739. The molecule has 3 heterocycles. The van der Waals surface area contributed by atoms with E-state index in [0.29, 0.717) is 65.9 Å². The summed E-state index contributed by atoms with van der Waals surface area (Å²) in [6.45, 7) is 2.93. The molecule has 1 N–H and O–H groups in total. The van der Waals surface area contributed by atoms with Gasteiger partial charge in [-0.25, -0.2) is 9.97 Å². The second-order valence-corrected chi connectivity index (χ2v) is 7.31. The van der Waals surface area contributed by atoms with E-state index in [4.69, 9.17) is 0 Å². The average molecular weight is 395 g/mol. The molecule has 0 saturated carbocycles. The van der Waals surface area contributed by atoms with Crippen molar-refractivity contribution in [1.29, 1.82) is 0 Å². The number of anilines is 1. The topological polar surface area (TPSA) is 65.1 Å². The number of halogens is 3. The van der Waals surface area contributed by atoms with Crippen LogP contribution < -0.4 is 10.5 Å². The van der Waals surface area contributed by atoms with Gasteiger partial charge in [-0.05, 0) is 12.1 Å². The Balaban J connectivity index is 1.41. The van der Waals surface area contributed by atoms with Crippen LogP contribution in [0.3, 0.4) is 0 Å². The summed E-state index contributed by atoms with van der Waals surface area (Å²) in [5.74, 6) is 0.584. The Morgan fingerprint density at radius 1 is 1.15 bits per heavy atom. The van der Waals surface area contributed by atoms with E-state index < -0.39 is 11.1 Å². The van der Waals surface area contributed by atoms with Gasteiger partial charge in [-0.15, -0.1) is 0 Å². The molecule has 0 radical (unpaired) electrons. The lowest BCUT2D eigenvalue weighted by molar-refractivity contribution is -0.134. The molecule has 10 heteroatoms. The van der Waals surface area contributed by atoms with Gasteiger partial charge in [0.15, 0.2) is 5.13 Å². The number of aromatic nitrogens is 3. The number of hydrogen-bond acceptors (Lipinski definition) is 6. The molecule has 0 atom stereocenters. The number of fused-ring (bicyclic) bond motifs is 1. The van der Waals surface area contributed by atoms with Gasteiger partial charge < -0.3 is 9.88 Å². The molecule has 3 aromatic rings. The fourth-order valence-electron chi connectivity index (χ4n) is 3.06. The van der Waals surface area contributed by atoms with Crippen LogP contribution >= 0.6 is 11.3 Å². The summed E-state index contributed by atoms with van der Waals surface area (Å²) in [4.78, 5) is 26.6. The van der Waals surface area contributed by atoms with Crippen LogP contribution in [0.25, 0.3) is 10.9 Å². The van der Waals surface area contributed by atoms with Gasteiger partial charge in [-0.2, -0.15) is 13.2 Å². The Labute approximate surface area is 156 Å². The third kappa shape index (κ3) is 3.81. The van der Waals surface area contributed by atoms with Crippen molar-refractivity contribution in [3.63, 3.8) is 0 Å². The third-order valence-electron chi connectivity index (χ3n) is 4.45. The molecule has 1 aromatic carbocycles. The van der Waals surface area contributed by atoms with Crippen LogP contribution in [0.15, 0.2) is 35.3 Å². The number of nitrogens with zero attached hydrogens (tertiary/aromatic N) is 4. The normalized spacial score (nSPS) is 16.2. The SMILES string of the molecule is O=c1[nH]c(CN2CCN(c3ncc(C(F)(F)F)s3)CC2)nc2ccccc12. The largest absolute Gasteiger partial charge is 0.427 e. The molecule has 0 amide bonds. The number of nitrogens with one attached hydrogen (secondary N) is 1. The predicted molar refractivity (Wildman–Crippen MR) is 97.0 cm³/mol. The summed E-state index contributed by atoms with van der Waals surface area (Å²) in [6, 6.07) is 7.15. The van der Waals surface area contributed by atoms with Crippen LogP contribution in [-0.4, -0.2) is 46.0 Å². The zero-order valence-electron chi connectivity index (χ0n) is 14.2. The monoisotopic (exact) mass is 395 g/mol. The summed E-state index contributed by atoms with van der Waals surface area (Å²) >= 11 is 0.666. The number of para-hydroxylation sites is 1. The van der Waals surface area contributed by atoms with E-state index in [1.165, 1.54) is 0 Å². The van der Waals surface area contributed by atoms with Crippen molar-refractivity contribution in [2.75, 3.05) is 31.1 Å². The summed E-state index contributed by atoms with van der Waals surface area (Å²) in [7, 11) is 0. The molecule has 142 valence electrons. The van der Waals surface area contributed by atoms with Crippen molar-refractivity contribution in [1.82, 2.24) is 19.9 Å². The molecular weight excluding hydrogens is 379 g/mol. The van der Waals surface area contributed by atoms with Crippen molar-refractivity contribution in [2.24, 2.45) is 0 Å². The highest BCUT2D eigenvalue weighted by atomic mass is 32.1. The van der Waals surface area contributed by atoms with Crippen molar-refractivity contribution >= 4 is 27.4 Å². The van der Waals surface area contributed by atoms with Crippen molar-refractivity contribution in [3.8, 4) is 0 Å². The van der Waals surface area contributed by atoms with Crippen molar-refractivity contribution in [2.45, 2.75) is 12.7 Å². The van der Waals surface area contributed by atoms with Gasteiger partial charge >= 0.3 is 6.18 Å². The van der Waals surface area contributed by atoms with Gasteiger partial charge in [0, 0.05) is 26.2 Å². The van der Waals surface area contributed by atoms with E-state index in [1.807, 2.05) is 11.0 Å². The van der Waals surface area contributed by atoms with Gasteiger partial charge in [-0.1, -0.05) is 23.5 Å². The standard InChI is InChI=1S/C17H16F3N5OS/c18-17(19,20)13-9-21-16(27-13)25-7-5-24(6-8-25)10-14-22-12-4-2-1-3-11(12)15(26)23-14/h1-4,9H,5-8,10H2,(H,22,23,26). The summed E-state index contributed by atoms with van der Waals surface area (Å²) in [5.41, 5.74) is 0.481. The number of hydrogen-bond donors (Lipinski definition) is 1. The second kappa shape index (κ2) is 6.93. The van der Waals surface area contributed by atoms with Crippen LogP contribution in [0.1, 0.15) is 10.7 Å². The first-order chi connectivity index (χ1) is 12.9. The Hall–Kier alpha value is -2.46. The van der Waals surface area contributed by atoms with E-state index in [9.17, 15) is 18.0 Å². The molecule has 1 saturated heterocycles. The molecule has 0 aliphatic carbocycles. The Kier molecular flexibility index (Phi) is 4.60. The fourth-order valence-corrected chi connectivity index (χ4v) is 3.90. The van der Waals surface area contributed by atoms with E-state index >= 15 is 0 Å². The molecule has 1 aliphatic rings. The third-order valence-corrected chi connectivity index (χ3v) is 5.55. The molecule has 1 fully saturated rings. The van der Waals surface area contributed by atoms with Gasteiger partial charge in [0.05, 0.1) is 23.6 Å². The van der Waals surface area contributed by atoms with Gasteiger partial charge in [-0.3, -0.25) is 9.69 Å².